The molecule has 1 amide bonds. The predicted octanol–water partition coefficient (Wildman–Crippen LogP) is 2.79. The Bertz CT molecular complexity index is 570. The molecule has 1 aromatic rings. The van der Waals surface area contributed by atoms with E-state index in [1.807, 2.05) is 0 Å². The first-order valence-corrected chi connectivity index (χ1v) is 6.82. The largest absolute Gasteiger partial charge is 0.481 e. The van der Waals surface area contributed by atoms with Gasteiger partial charge in [0, 0.05) is 18.1 Å². The van der Waals surface area contributed by atoms with Gasteiger partial charge in [-0.3, -0.25) is 9.59 Å². The molecule has 0 radical (unpaired) electrons. The van der Waals surface area contributed by atoms with Crippen molar-refractivity contribution >= 4 is 11.9 Å². The van der Waals surface area contributed by atoms with E-state index in [9.17, 15) is 23.5 Å². The molecule has 0 saturated heterocycles. The van der Waals surface area contributed by atoms with Crippen molar-refractivity contribution in [2.24, 2.45) is 5.41 Å². The number of halogens is 2. The highest BCUT2D eigenvalue weighted by molar-refractivity contribution is 5.85. The molecule has 6 heteroatoms. The second-order valence-corrected chi connectivity index (χ2v) is 5.57. The minimum absolute atomic E-state index is 0.116. The number of carbonyl (C=O) groups is 2. The Morgan fingerprint density at radius 2 is 2.05 bits per heavy atom. The lowest BCUT2D eigenvalue weighted by molar-refractivity contribution is -0.157. The molecule has 114 valence electrons. The maximum Gasteiger partial charge on any atom is 0.310 e. The Labute approximate surface area is 121 Å². The number of nitrogens with one attached hydrogen (secondary N) is 1. The summed E-state index contributed by atoms with van der Waals surface area (Å²) < 4.78 is 26.5. The summed E-state index contributed by atoms with van der Waals surface area (Å²) in [6, 6.07) is 2.49. The summed E-state index contributed by atoms with van der Waals surface area (Å²) in [5.74, 6) is -2.83. The van der Waals surface area contributed by atoms with E-state index in [4.69, 9.17) is 0 Å². The van der Waals surface area contributed by atoms with Gasteiger partial charge in [0.15, 0.2) is 0 Å². The number of aliphatic carboxylic acids is 1. The smallest absolute Gasteiger partial charge is 0.310 e. The molecular weight excluding hydrogens is 280 g/mol. The Balaban J connectivity index is 2.00. The van der Waals surface area contributed by atoms with Crippen LogP contribution >= 0.6 is 0 Å². The van der Waals surface area contributed by atoms with Crippen LogP contribution in [0.5, 0.6) is 0 Å². The highest BCUT2D eigenvalue weighted by Gasteiger charge is 2.46. The molecule has 0 aromatic heterocycles. The van der Waals surface area contributed by atoms with Crippen molar-refractivity contribution in [3.63, 3.8) is 0 Å². The molecule has 21 heavy (non-hydrogen) atoms. The van der Waals surface area contributed by atoms with Crippen LogP contribution in [0.1, 0.15) is 44.2 Å². The molecule has 1 atom stereocenters. The number of carboxylic acid groups (broad SMARTS) is 1. The minimum atomic E-state index is -0.981. The predicted molar refractivity (Wildman–Crippen MR) is 71.5 cm³/mol. The zero-order valence-corrected chi connectivity index (χ0v) is 11.7. The molecule has 1 unspecified atom stereocenters. The van der Waals surface area contributed by atoms with Crippen molar-refractivity contribution < 1.29 is 23.5 Å². The van der Waals surface area contributed by atoms with Crippen LogP contribution in [0.15, 0.2) is 18.2 Å². The molecule has 0 aliphatic heterocycles. The molecule has 1 saturated carbocycles. The normalized spacial score (nSPS) is 17.7. The second-order valence-electron chi connectivity index (χ2n) is 5.57. The van der Waals surface area contributed by atoms with E-state index < -0.39 is 35.0 Å². The first-order chi connectivity index (χ1) is 9.84. The molecule has 1 aliphatic rings. The zero-order valence-electron chi connectivity index (χ0n) is 11.7. The van der Waals surface area contributed by atoms with Crippen molar-refractivity contribution in [2.75, 3.05) is 0 Å². The van der Waals surface area contributed by atoms with Gasteiger partial charge in [-0.2, -0.15) is 0 Å². The summed E-state index contributed by atoms with van der Waals surface area (Å²) in [6.45, 7) is 1.57. The average Bonchev–Trinajstić information content (AvgIpc) is 2.32. The number of carbonyl (C=O) groups excluding carboxylic acids is 1. The highest BCUT2D eigenvalue weighted by atomic mass is 19.1. The molecule has 4 nitrogen and oxygen atoms in total. The maximum absolute atomic E-state index is 13.6. The number of rotatable bonds is 5. The molecule has 1 fully saturated rings. The number of carboxylic acids is 1. The summed E-state index contributed by atoms with van der Waals surface area (Å²) in [7, 11) is 0. The number of benzene rings is 1. The van der Waals surface area contributed by atoms with Gasteiger partial charge in [-0.1, -0.05) is 12.5 Å². The summed E-state index contributed by atoms with van der Waals surface area (Å²) >= 11 is 0. The third-order valence-corrected chi connectivity index (χ3v) is 4.07. The van der Waals surface area contributed by atoms with Crippen LogP contribution in [-0.4, -0.2) is 17.0 Å². The van der Waals surface area contributed by atoms with E-state index in [1.165, 1.54) is 6.07 Å². The van der Waals surface area contributed by atoms with Crippen LogP contribution in [-0.2, 0) is 9.59 Å². The Kier molecular flexibility index (Phi) is 4.25. The summed E-state index contributed by atoms with van der Waals surface area (Å²) in [6.07, 6.45) is 1.64. The lowest BCUT2D eigenvalue weighted by atomic mass is 9.66. The third kappa shape index (κ3) is 3.20. The lowest BCUT2D eigenvalue weighted by Crippen LogP contribution is -2.43. The van der Waals surface area contributed by atoms with Gasteiger partial charge in [0.25, 0.3) is 0 Å². The second kappa shape index (κ2) is 5.79. The molecule has 0 spiro atoms. The van der Waals surface area contributed by atoms with Gasteiger partial charge >= 0.3 is 5.97 Å². The lowest BCUT2D eigenvalue weighted by Gasteiger charge is -2.37. The topological polar surface area (TPSA) is 66.4 Å². The fourth-order valence-electron chi connectivity index (χ4n) is 2.60. The average molecular weight is 297 g/mol. The SMILES string of the molecule is CC(NC(=O)CC1(C(=O)O)CCC1)c1ccc(F)cc1F. The molecule has 1 aromatic carbocycles. The van der Waals surface area contributed by atoms with Crippen molar-refractivity contribution in [2.45, 2.75) is 38.6 Å². The van der Waals surface area contributed by atoms with Gasteiger partial charge in [0.2, 0.25) is 5.91 Å². The fourth-order valence-corrected chi connectivity index (χ4v) is 2.60. The molecule has 0 bridgehead atoms. The molecule has 2 rings (SSSR count). The highest BCUT2D eigenvalue weighted by Crippen LogP contribution is 2.44. The minimum Gasteiger partial charge on any atom is -0.481 e. The number of amides is 1. The van der Waals surface area contributed by atoms with Crippen molar-refractivity contribution in [3.05, 3.63) is 35.4 Å². The number of hydrogen-bond donors (Lipinski definition) is 2. The Morgan fingerprint density at radius 3 is 2.52 bits per heavy atom. The van der Waals surface area contributed by atoms with E-state index >= 15 is 0 Å². The van der Waals surface area contributed by atoms with Gasteiger partial charge in [-0.25, -0.2) is 8.78 Å². The van der Waals surface area contributed by atoms with E-state index in [2.05, 4.69) is 5.32 Å². The van der Waals surface area contributed by atoms with Gasteiger partial charge < -0.3 is 10.4 Å². The molecule has 0 heterocycles. The van der Waals surface area contributed by atoms with Gasteiger partial charge in [0.1, 0.15) is 11.6 Å². The van der Waals surface area contributed by atoms with E-state index in [0.29, 0.717) is 12.8 Å². The van der Waals surface area contributed by atoms with Crippen molar-refractivity contribution in [1.29, 1.82) is 0 Å². The van der Waals surface area contributed by atoms with Crippen LogP contribution in [0, 0.1) is 17.0 Å². The zero-order chi connectivity index (χ0) is 15.6. The maximum atomic E-state index is 13.6. The van der Waals surface area contributed by atoms with Crippen LogP contribution < -0.4 is 5.32 Å². The van der Waals surface area contributed by atoms with Crippen molar-refractivity contribution in [3.8, 4) is 0 Å². The fraction of sp³-hybridized carbons (Fsp3) is 0.467. The Morgan fingerprint density at radius 1 is 1.38 bits per heavy atom. The van der Waals surface area contributed by atoms with E-state index in [1.54, 1.807) is 6.92 Å². The first kappa shape index (κ1) is 15.4. The van der Waals surface area contributed by atoms with Crippen molar-refractivity contribution in [1.82, 2.24) is 5.32 Å². The van der Waals surface area contributed by atoms with E-state index in [-0.39, 0.29) is 12.0 Å². The monoisotopic (exact) mass is 297 g/mol. The number of hydrogen-bond acceptors (Lipinski definition) is 2. The van der Waals surface area contributed by atoms with E-state index in [0.717, 1.165) is 18.6 Å². The standard InChI is InChI=1S/C15H17F2NO3/c1-9(11-4-3-10(16)7-12(11)17)18-13(19)8-15(14(20)21)5-2-6-15/h3-4,7,9H,2,5-6,8H2,1H3,(H,18,19)(H,20,21). The molecular formula is C15H17F2NO3. The summed E-state index contributed by atoms with van der Waals surface area (Å²) in [5.41, 5.74) is -0.812. The van der Waals surface area contributed by atoms with Gasteiger partial charge in [-0.05, 0) is 25.8 Å². The summed E-state index contributed by atoms with van der Waals surface area (Å²) in [4.78, 5) is 23.2. The quantitative estimate of drug-likeness (QED) is 0.878. The van der Waals surface area contributed by atoms with Gasteiger partial charge in [0.05, 0.1) is 11.5 Å². The summed E-state index contributed by atoms with van der Waals surface area (Å²) in [5, 5.41) is 11.7. The molecule has 1 aliphatic carbocycles. The first-order valence-electron chi connectivity index (χ1n) is 6.82. The van der Waals surface area contributed by atoms with Gasteiger partial charge in [-0.15, -0.1) is 0 Å². The Hall–Kier alpha value is -1.98. The van der Waals surface area contributed by atoms with Crippen LogP contribution in [0.4, 0.5) is 8.78 Å². The molecule has 2 N–H and O–H groups in total. The third-order valence-electron chi connectivity index (χ3n) is 4.07. The van der Waals surface area contributed by atoms with Crippen LogP contribution in [0.2, 0.25) is 0 Å². The van der Waals surface area contributed by atoms with Crippen LogP contribution in [0.3, 0.4) is 0 Å². The van der Waals surface area contributed by atoms with Crippen LogP contribution in [0.25, 0.3) is 0 Å².